The van der Waals surface area contributed by atoms with Gasteiger partial charge < -0.3 is 0 Å². The van der Waals surface area contributed by atoms with Crippen LogP contribution in [-0.4, -0.2) is 49.5 Å². The zero-order valence-corrected chi connectivity index (χ0v) is 13.9. The monoisotopic (exact) mass is 344 g/mol. The number of nitrogens with zero attached hydrogens (tertiary/aromatic N) is 6. The molecule has 8 nitrogen and oxygen atoms in total. The molecule has 24 heavy (non-hydrogen) atoms. The molecule has 0 aliphatic carbocycles. The van der Waals surface area contributed by atoms with Crippen molar-refractivity contribution in [2.45, 2.75) is 12.5 Å². The fraction of sp³-hybridized carbons (Fsp3) is 0.333. The first-order valence-corrected chi connectivity index (χ1v) is 9.40. The number of aromatic nitrogens is 6. The maximum absolute atomic E-state index is 11.9. The van der Waals surface area contributed by atoms with Crippen LogP contribution in [0.3, 0.4) is 0 Å². The lowest BCUT2D eigenvalue weighted by Crippen LogP contribution is -2.13. The van der Waals surface area contributed by atoms with Crippen molar-refractivity contribution in [3.05, 3.63) is 36.9 Å². The third kappa shape index (κ3) is 2.71. The summed E-state index contributed by atoms with van der Waals surface area (Å²) in [7, 11) is -1.18. The Morgan fingerprint density at radius 3 is 2.62 bits per heavy atom. The van der Waals surface area contributed by atoms with Crippen molar-refractivity contribution in [2.24, 2.45) is 7.05 Å². The van der Waals surface area contributed by atoms with Gasteiger partial charge in [-0.15, -0.1) is 0 Å². The fourth-order valence-corrected chi connectivity index (χ4v) is 4.59. The molecular weight excluding hydrogens is 328 g/mol. The van der Waals surface area contributed by atoms with E-state index in [0.717, 1.165) is 11.1 Å². The number of pyridine rings is 1. The van der Waals surface area contributed by atoms with E-state index in [1.165, 1.54) is 0 Å². The van der Waals surface area contributed by atoms with E-state index in [1.807, 2.05) is 25.4 Å². The number of hydrogen-bond donors (Lipinski definition) is 0. The first-order chi connectivity index (χ1) is 11.5. The molecule has 4 rings (SSSR count). The van der Waals surface area contributed by atoms with Crippen LogP contribution in [0.15, 0.2) is 36.9 Å². The zero-order valence-electron chi connectivity index (χ0n) is 13.1. The Kier molecular flexibility index (Phi) is 3.45. The summed E-state index contributed by atoms with van der Waals surface area (Å²) in [5.41, 5.74) is 1.66. The molecule has 1 saturated heterocycles. The predicted octanol–water partition coefficient (Wildman–Crippen LogP) is 1.10. The van der Waals surface area contributed by atoms with Gasteiger partial charge in [-0.1, -0.05) is 0 Å². The van der Waals surface area contributed by atoms with Crippen molar-refractivity contribution in [2.75, 3.05) is 11.5 Å². The number of sulfone groups is 1. The summed E-state index contributed by atoms with van der Waals surface area (Å²) in [6.45, 7) is 0. The lowest BCUT2D eigenvalue weighted by molar-refractivity contribution is 0.505. The molecular formula is C15H16N6O2S. The maximum Gasteiger partial charge on any atom is 0.181 e. The van der Waals surface area contributed by atoms with Crippen LogP contribution < -0.4 is 0 Å². The highest BCUT2D eigenvalue weighted by Crippen LogP contribution is 2.30. The van der Waals surface area contributed by atoms with Crippen molar-refractivity contribution < 1.29 is 8.42 Å². The molecule has 0 amide bonds. The van der Waals surface area contributed by atoms with Gasteiger partial charge in [-0.25, -0.2) is 18.1 Å². The minimum Gasteiger partial charge on any atom is -0.275 e. The Balaban J connectivity index is 1.83. The molecule has 1 aliphatic heterocycles. The van der Waals surface area contributed by atoms with Crippen LogP contribution in [0.25, 0.3) is 22.8 Å². The van der Waals surface area contributed by atoms with Crippen LogP contribution in [0.4, 0.5) is 0 Å². The van der Waals surface area contributed by atoms with E-state index in [2.05, 4.69) is 20.2 Å². The van der Waals surface area contributed by atoms with E-state index < -0.39 is 9.84 Å². The third-order valence-electron chi connectivity index (χ3n) is 4.09. The lowest BCUT2D eigenvalue weighted by Gasteiger charge is -2.10. The second-order valence-corrected chi connectivity index (χ2v) is 8.13. The second-order valence-electron chi connectivity index (χ2n) is 5.90. The minimum absolute atomic E-state index is 0.0966. The summed E-state index contributed by atoms with van der Waals surface area (Å²) in [5.74, 6) is 1.48. The number of aryl methyl sites for hydroxylation is 1. The van der Waals surface area contributed by atoms with Gasteiger partial charge >= 0.3 is 0 Å². The van der Waals surface area contributed by atoms with Gasteiger partial charge in [0.15, 0.2) is 21.5 Å². The predicted molar refractivity (Wildman–Crippen MR) is 87.8 cm³/mol. The highest BCUT2D eigenvalue weighted by molar-refractivity contribution is 7.91. The van der Waals surface area contributed by atoms with Gasteiger partial charge in [-0.2, -0.15) is 10.2 Å². The average molecular weight is 344 g/mol. The van der Waals surface area contributed by atoms with Crippen molar-refractivity contribution in [3.8, 4) is 22.8 Å². The van der Waals surface area contributed by atoms with Gasteiger partial charge in [0.1, 0.15) is 0 Å². The highest BCUT2D eigenvalue weighted by atomic mass is 32.2. The smallest absolute Gasteiger partial charge is 0.181 e. The van der Waals surface area contributed by atoms with Gasteiger partial charge in [0, 0.05) is 31.2 Å². The molecule has 3 aromatic heterocycles. The summed E-state index contributed by atoms with van der Waals surface area (Å²) in [6, 6.07) is 3.46. The molecule has 0 spiro atoms. The summed E-state index contributed by atoms with van der Waals surface area (Å²) in [6.07, 6.45) is 7.47. The van der Waals surface area contributed by atoms with E-state index in [4.69, 9.17) is 0 Å². The van der Waals surface area contributed by atoms with Crippen molar-refractivity contribution in [1.29, 1.82) is 0 Å². The molecule has 0 bridgehead atoms. The SMILES string of the molecule is Cn1cc(-c2nc(-c3ccncc3)nn2[C@@H]2CCS(=O)(=O)C2)cn1. The van der Waals surface area contributed by atoms with Crippen LogP contribution >= 0.6 is 0 Å². The Bertz CT molecular complexity index is 977. The van der Waals surface area contributed by atoms with E-state index in [9.17, 15) is 8.42 Å². The minimum atomic E-state index is -3.01. The van der Waals surface area contributed by atoms with Gasteiger partial charge in [0.2, 0.25) is 0 Å². The Morgan fingerprint density at radius 1 is 1.21 bits per heavy atom. The summed E-state index contributed by atoms with van der Waals surface area (Å²) in [5, 5.41) is 8.77. The standard InChI is InChI=1S/C15H16N6O2S/c1-20-9-12(8-17-20)15-18-14(11-2-5-16-6-3-11)19-21(15)13-4-7-24(22,23)10-13/h2-3,5-6,8-9,13H,4,7,10H2,1H3/t13-/m1/s1. The normalized spacial score (nSPS) is 19.6. The van der Waals surface area contributed by atoms with Gasteiger partial charge in [0.05, 0.1) is 29.3 Å². The molecule has 1 atom stereocenters. The van der Waals surface area contributed by atoms with Crippen molar-refractivity contribution >= 4 is 9.84 Å². The van der Waals surface area contributed by atoms with Gasteiger partial charge in [0.25, 0.3) is 0 Å². The largest absolute Gasteiger partial charge is 0.275 e. The number of hydrogen-bond acceptors (Lipinski definition) is 6. The Hall–Kier alpha value is -2.55. The fourth-order valence-electron chi connectivity index (χ4n) is 2.90. The topological polar surface area (TPSA) is 95.6 Å². The van der Waals surface area contributed by atoms with Gasteiger partial charge in [-0.05, 0) is 18.6 Å². The number of rotatable bonds is 3. The molecule has 0 saturated carbocycles. The second kappa shape index (κ2) is 5.52. The summed E-state index contributed by atoms with van der Waals surface area (Å²) in [4.78, 5) is 8.64. The van der Waals surface area contributed by atoms with E-state index >= 15 is 0 Å². The molecule has 1 fully saturated rings. The first-order valence-electron chi connectivity index (χ1n) is 7.58. The van der Waals surface area contributed by atoms with Crippen LogP contribution in [-0.2, 0) is 16.9 Å². The van der Waals surface area contributed by atoms with E-state index in [1.54, 1.807) is 28.0 Å². The van der Waals surface area contributed by atoms with E-state index in [0.29, 0.717) is 18.1 Å². The van der Waals surface area contributed by atoms with Crippen LogP contribution in [0, 0.1) is 0 Å². The van der Waals surface area contributed by atoms with Crippen LogP contribution in [0.2, 0.25) is 0 Å². The average Bonchev–Trinajstić information content (AvgIpc) is 3.26. The molecule has 0 unspecified atom stereocenters. The van der Waals surface area contributed by atoms with Gasteiger partial charge in [-0.3, -0.25) is 9.67 Å². The summed E-state index contributed by atoms with van der Waals surface area (Å²) < 4.78 is 27.1. The van der Waals surface area contributed by atoms with E-state index in [-0.39, 0.29) is 17.5 Å². The zero-order chi connectivity index (χ0) is 16.7. The molecule has 4 heterocycles. The molecule has 1 aliphatic rings. The van der Waals surface area contributed by atoms with Crippen LogP contribution in [0.5, 0.6) is 0 Å². The molecule has 0 aromatic carbocycles. The molecule has 0 radical (unpaired) electrons. The van der Waals surface area contributed by atoms with Crippen molar-refractivity contribution in [3.63, 3.8) is 0 Å². The highest BCUT2D eigenvalue weighted by Gasteiger charge is 2.32. The molecule has 124 valence electrons. The molecule has 0 N–H and O–H groups in total. The molecule has 3 aromatic rings. The first kappa shape index (κ1) is 15.0. The Labute approximate surface area is 139 Å². The van der Waals surface area contributed by atoms with Crippen LogP contribution in [0.1, 0.15) is 12.5 Å². The lowest BCUT2D eigenvalue weighted by atomic mass is 10.2. The Morgan fingerprint density at radius 2 is 2.00 bits per heavy atom. The maximum atomic E-state index is 11.9. The quantitative estimate of drug-likeness (QED) is 0.706. The summed E-state index contributed by atoms with van der Waals surface area (Å²) >= 11 is 0. The molecule has 9 heteroatoms. The van der Waals surface area contributed by atoms with Crippen molar-refractivity contribution in [1.82, 2.24) is 29.5 Å². The third-order valence-corrected chi connectivity index (χ3v) is 5.84.